The minimum atomic E-state index is -3.15. The number of carboxylic acid groups (broad SMARTS) is 1. The molecule has 1 amide bonds. The Morgan fingerprint density at radius 2 is 2.05 bits per heavy atom. The highest BCUT2D eigenvalue weighted by Gasteiger charge is 2.35. The zero-order valence-corrected chi connectivity index (χ0v) is 13.4. The molecule has 1 aliphatic heterocycles. The van der Waals surface area contributed by atoms with Crippen LogP contribution in [0.2, 0.25) is 0 Å². The third-order valence-electron chi connectivity index (χ3n) is 3.40. The molecule has 0 spiro atoms. The van der Waals surface area contributed by atoms with Gasteiger partial charge in [-0.2, -0.15) is 0 Å². The lowest BCUT2D eigenvalue weighted by molar-refractivity contribution is -0.145. The van der Waals surface area contributed by atoms with Crippen molar-refractivity contribution in [2.45, 2.75) is 45.2 Å². The van der Waals surface area contributed by atoms with E-state index in [1.807, 2.05) is 13.8 Å². The lowest BCUT2D eigenvalue weighted by Gasteiger charge is -2.26. The van der Waals surface area contributed by atoms with E-state index in [1.165, 1.54) is 4.90 Å². The molecular formula is C13H24N2O5S. The van der Waals surface area contributed by atoms with Crippen LogP contribution in [-0.2, 0) is 19.4 Å². The Bertz CT molecular complexity index is 475. The van der Waals surface area contributed by atoms with Crippen LogP contribution >= 0.6 is 0 Å². The summed E-state index contributed by atoms with van der Waals surface area (Å²) in [4.78, 5) is 24.3. The minimum absolute atomic E-state index is 0.0238. The summed E-state index contributed by atoms with van der Waals surface area (Å²) in [7, 11) is -3.15. The van der Waals surface area contributed by atoms with Crippen LogP contribution in [0.4, 0.5) is 0 Å². The third-order valence-corrected chi connectivity index (χ3v) is 5.15. The van der Waals surface area contributed by atoms with E-state index in [1.54, 1.807) is 0 Å². The zero-order chi connectivity index (χ0) is 16.0. The molecule has 2 N–H and O–H groups in total. The van der Waals surface area contributed by atoms with Gasteiger partial charge in [0.2, 0.25) is 5.91 Å². The number of nitrogens with zero attached hydrogens (tertiary/aromatic N) is 1. The lowest BCUT2D eigenvalue weighted by atomic mass is 10.2. The van der Waals surface area contributed by atoms with Crippen molar-refractivity contribution in [1.29, 1.82) is 0 Å². The second-order valence-electron chi connectivity index (χ2n) is 5.68. The molecular weight excluding hydrogens is 296 g/mol. The highest BCUT2D eigenvalue weighted by atomic mass is 32.2. The van der Waals surface area contributed by atoms with Crippen molar-refractivity contribution in [3.05, 3.63) is 0 Å². The fraction of sp³-hybridized carbons (Fsp3) is 0.846. The van der Waals surface area contributed by atoms with E-state index in [0.717, 1.165) is 0 Å². The smallest absolute Gasteiger partial charge is 0.323 e. The van der Waals surface area contributed by atoms with Gasteiger partial charge in [0.05, 0.1) is 11.5 Å². The minimum Gasteiger partial charge on any atom is -0.480 e. The molecule has 1 heterocycles. The molecule has 0 aromatic rings. The van der Waals surface area contributed by atoms with E-state index in [2.05, 4.69) is 5.32 Å². The first kappa shape index (κ1) is 17.9. The molecule has 21 heavy (non-hydrogen) atoms. The van der Waals surface area contributed by atoms with Gasteiger partial charge in [0.15, 0.2) is 9.84 Å². The summed E-state index contributed by atoms with van der Waals surface area (Å²) >= 11 is 0. The number of rotatable bonds is 8. The van der Waals surface area contributed by atoms with Gasteiger partial charge in [0.25, 0.3) is 0 Å². The Kier molecular flexibility index (Phi) is 6.60. The predicted octanol–water partition coefficient (Wildman–Crippen LogP) is -0.135. The van der Waals surface area contributed by atoms with Gasteiger partial charge in [-0.25, -0.2) is 8.42 Å². The number of carbonyl (C=O) groups is 2. The number of sulfone groups is 1. The molecule has 1 rings (SSSR count). The molecule has 0 bridgehead atoms. The Morgan fingerprint density at radius 3 is 2.52 bits per heavy atom. The molecule has 0 aromatic heterocycles. The fourth-order valence-electron chi connectivity index (χ4n) is 2.36. The molecule has 0 radical (unpaired) electrons. The van der Waals surface area contributed by atoms with Gasteiger partial charge < -0.3 is 15.3 Å². The largest absolute Gasteiger partial charge is 0.480 e. The van der Waals surface area contributed by atoms with E-state index in [9.17, 15) is 18.0 Å². The van der Waals surface area contributed by atoms with Gasteiger partial charge in [-0.15, -0.1) is 0 Å². The topological polar surface area (TPSA) is 104 Å². The number of aliphatic carboxylic acids is 1. The normalized spacial score (nSPS) is 20.6. The molecule has 7 nitrogen and oxygen atoms in total. The van der Waals surface area contributed by atoms with Crippen LogP contribution in [0.5, 0.6) is 0 Å². The fourth-order valence-corrected chi connectivity index (χ4v) is 4.09. The summed E-state index contributed by atoms with van der Waals surface area (Å²) in [6.45, 7) is 4.24. The van der Waals surface area contributed by atoms with E-state index in [4.69, 9.17) is 5.11 Å². The predicted molar refractivity (Wildman–Crippen MR) is 78.8 cm³/mol. The molecule has 0 aliphatic carbocycles. The van der Waals surface area contributed by atoms with Crippen molar-refractivity contribution < 1.29 is 23.1 Å². The van der Waals surface area contributed by atoms with Crippen molar-refractivity contribution in [2.24, 2.45) is 0 Å². The van der Waals surface area contributed by atoms with Gasteiger partial charge in [-0.05, 0) is 19.4 Å². The Labute approximate surface area is 125 Å². The quantitative estimate of drug-likeness (QED) is 0.604. The van der Waals surface area contributed by atoms with E-state index < -0.39 is 28.4 Å². The lowest BCUT2D eigenvalue weighted by Crippen LogP contribution is -2.44. The van der Waals surface area contributed by atoms with Crippen LogP contribution in [-0.4, -0.2) is 67.0 Å². The van der Waals surface area contributed by atoms with Crippen molar-refractivity contribution in [1.82, 2.24) is 10.2 Å². The van der Waals surface area contributed by atoms with Crippen LogP contribution in [0.15, 0.2) is 0 Å². The maximum absolute atomic E-state index is 12.2. The van der Waals surface area contributed by atoms with Crippen molar-refractivity contribution in [2.75, 3.05) is 24.6 Å². The second kappa shape index (κ2) is 7.74. The van der Waals surface area contributed by atoms with Gasteiger partial charge in [0.1, 0.15) is 6.54 Å². The van der Waals surface area contributed by atoms with Gasteiger partial charge in [-0.3, -0.25) is 9.59 Å². The van der Waals surface area contributed by atoms with E-state index >= 15 is 0 Å². The van der Waals surface area contributed by atoms with E-state index in [0.29, 0.717) is 25.4 Å². The molecule has 1 fully saturated rings. The van der Waals surface area contributed by atoms with Gasteiger partial charge in [0, 0.05) is 18.5 Å². The highest BCUT2D eigenvalue weighted by molar-refractivity contribution is 7.91. The first-order valence-electron chi connectivity index (χ1n) is 7.16. The maximum atomic E-state index is 12.2. The van der Waals surface area contributed by atoms with Gasteiger partial charge >= 0.3 is 5.97 Å². The molecule has 1 saturated heterocycles. The summed E-state index contributed by atoms with van der Waals surface area (Å²) in [6.07, 6.45) is 1.15. The monoisotopic (exact) mass is 320 g/mol. The molecule has 122 valence electrons. The number of nitrogens with one attached hydrogen (secondary N) is 1. The number of hydrogen-bond acceptors (Lipinski definition) is 5. The average Bonchev–Trinajstić information content (AvgIpc) is 2.71. The average molecular weight is 320 g/mol. The Balaban J connectivity index is 2.56. The molecule has 1 atom stereocenters. The van der Waals surface area contributed by atoms with Crippen molar-refractivity contribution in [3.8, 4) is 0 Å². The summed E-state index contributed by atoms with van der Waals surface area (Å²) < 4.78 is 23.0. The van der Waals surface area contributed by atoms with Crippen LogP contribution < -0.4 is 5.32 Å². The van der Waals surface area contributed by atoms with Crippen LogP contribution in [0.3, 0.4) is 0 Å². The number of carbonyl (C=O) groups excluding carboxylic acids is 1. The summed E-state index contributed by atoms with van der Waals surface area (Å²) in [5.41, 5.74) is 0. The van der Waals surface area contributed by atoms with Crippen molar-refractivity contribution in [3.63, 3.8) is 0 Å². The summed E-state index contributed by atoms with van der Waals surface area (Å²) in [5.74, 6) is -1.51. The molecule has 0 saturated carbocycles. The summed E-state index contributed by atoms with van der Waals surface area (Å²) in [5, 5.41) is 12.1. The van der Waals surface area contributed by atoms with Gasteiger partial charge in [-0.1, -0.05) is 13.8 Å². The Morgan fingerprint density at radius 1 is 1.38 bits per heavy atom. The van der Waals surface area contributed by atoms with Crippen molar-refractivity contribution >= 4 is 21.7 Å². The molecule has 8 heteroatoms. The number of amides is 1. The first-order chi connectivity index (χ1) is 9.71. The summed E-state index contributed by atoms with van der Waals surface area (Å²) in [6, 6.07) is -0.174. The van der Waals surface area contributed by atoms with Crippen LogP contribution in [0, 0.1) is 0 Å². The standard InChI is InChI=1S/C13H24N2O5S/c1-10(2)14-6-3-4-12(16)15(8-13(17)18)11-5-7-21(19,20)9-11/h10-11,14H,3-9H2,1-2H3,(H,17,18). The first-order valence-corrected chi connectivity index (χ1v) is 8.98. The van der Waals surface area contributed by atoms with Crippen LogP contribution in [0.25, 0.3) is 0 Å². The number of hydrogen-bond donors (Lipinski definition) is 2. The third kappa shape index (κ3) is 6.43. The Hall–Kier alpha value is -1.15. The SMILES string of the molecule is CC(C)NCCCC(=O)N(CC(=O)O)C1CCS(=O)(=O)C1. The highest BCUT2D eigenvalue weighted by Crippen LogP contribution is 2.18. The van der Waals surface area contributed by atoms with Crippen LogP contribution in [0.1, 0.15) is 33.1 Å². The molecule has 1 aliphatic rings. The maximum Gasteiger partial charge on any atom is 0.323 e. The molecule has 0 aromatic carbocycles. The van der Waals surface area contributed by atoms with E-state index in [-0.39, 0.29) is 23.8 Å². The number of carboxylic acids is 1. The zero-order valence-electron chi connectivity index (χ0n) is 12.5. The second-order valence-corrected chi connectivity index (χ2v) is 7.91. The molecule has 1 unspecified atom stereocenters.